The Kier molecular flexibility index (Phi) is 14.4. The van der Waals surface area contributed by atoms with Crippen LogP contribution in [0.1, 0.15) is 46.5 Å². The molecule has 0 aromatic heterocycles. The third-order valence-corrected chi connectivity index (χ3v) is 4.91. The number of carbonyl (C=O) groups excluding carboxylic acids is 4. The van der Waals surface area contributed by atoms with E-state index in [0.717, 1.165) is 0 Å². The van der Waals surface area contributed by atoms with E-state index in [2.05, 4.69) is 21.3 Å². The lowest BCUT2D eigenvalue weighted by molar-refractivity contribution is -0.147. The van der Waals surface area contributed by atoms with Crippen LogP contribution in [0.25, 0.3) is 0 Å². The normalized spacial score (nSPS) is 14.9. The maximum absolute atomic E-state index is 12.6. The summed E-state index contributed by atoms with van der Waals surface area (Å²) in [6.07, 6.45) is -1.43. The highest BCUT2D eigenvalue weighted by Gasteiger charge is 2.31. The van der Waals surface area contributed by atoms with Gasteiger partial charge in [0.15, 0.2) is 0 Å². The van der Waals surface area contributed by atoms with Crippen LogP contribution in [-0.2, 0) is 33.6 Å². The van der Waals surface area contributed by atoms with Gasteiger partial charge in [-0.3, -0.25) is 28.8 Å². The molecule has 37 heavy (non-hydrogen) atoms. The summed E-state index contributed by atoms with van der Waals surface area (Å²) in [4.78, 5) is 82.4. The number of rotatable bonds is 17. The highest BCUT2D eigenvalue weighted by atomic mass is 16.4. The Hall–Kier alpha value is -3.79. The van der Waals surface area contributed by atoms with Gasteiger partial charge in [0.1, 0.15) is 24.2 Å². The van der Waals surface area contributed by atoms with Crippen LogP contribution in [-0.4, -0.2) is 98.8 Å². The van der Waals surface area contributed by atoms with Gasteiger partial charge in [0.25, 0.3) is 0 Å². The van der Waals surface area contributed by atoms with Crippen LogP contribution < -0.4 is 27.0 Å². The molecular weight excluding hydrogens is 498 g/mol. The molecule has 0 aromatic carbocycles. The summed E-state index contributed by atoms with van der Waals surface area (Å²) in [5.41, 5.74) is 5.56. The van der Waals surface area contributed by atoms with Crippen molar-refractivity contribution in [1.29, 1.82) is 0 Å². The fraction of sp³-hybridized carbons (Fsp3) is 0.667. The van der Waals surface area contributed by atoms with Crippen LogP contribution in [0, 0.1) is 5.92 Å². The number of carboxylic acids is 3. The lowest BCUT2D eigenvalue weighted by Crippen LogP contribution is -2.58. The molecule has 0 aliphatic rings. The molecule has 0 rings (SSSR count). The fourth-order valence-electron chi connectivity index (χ4n) is 2.91. The maximum Gasteiger partial charge on any atom is 0.326 e. The lowest BCUT2D eigenvalue weighted by atomic mass is 10.0. The van der Waals surface area contributed by atoms with Gasteiger partial charge in [-0.15, -0.1) is 0 Å². The van der Waals surface area contributed by atoms with E-state index in [1.165, 1.54) is 6.92 Å². The van der Waals surface area contributed by atoms with Crippen molar-refractivity contribution in [2.75, 3.05) is 6.61 Å². The minimum Gasteiger partial charge on any atom is -0.481 e. The summed E-state index contributed by atoms with van der Waals surface area (Å²) >= 11 is 0. The number of amides is 4. The zero-order valence-electron chi connectivity index (χ0n) is 20.7. The van der Waals surface area contributed by atoms with Gasteiger partial charge in [-0.25, -0.2) is 4.79 Å². The second-order valence-electron chi connectivity index (χ2n) is 8.70. The summed E-state index contributed by atoms with van der Waals surface area (Å²) in [6.45, 7) is 3.82. The molecule has 0 bridgehead atoms. The lowest BCUT2D eigenvalue weighted by Gasteiger charge is -2.25. The first kappa shape index (κ1) is 33.2. The molecule has 4 amide bonds. The molecule has 0 aliphatic carbocycles. The summed E-state index contributed by atoms with van der Waals surface area (Å²) in [6, 6.07) is -7.05. The minimum absolute atomic E-state index is 0.0567. The highest BCUT2D eigenvalue weighted by molar-refractivity contribution is 5.95. The molecular formula is C21H35N5O11. The number of nitrogens with one attached hydrogen (secondary N) is 4. The van der Waals surface area contributed by atoms with Crippen molar-refractivity contribution in [2.45, 2.75) is 76.7 Å². The van der Waals surface area contributed by atoms with Crippen molar-refractivity contribution in [1.82, 2.24) is 21.3 Å². The van der Waals surface area contributed by atoms with Crippen molar-refractivity contribution in [3.8, 4) is 0 Å². The Morgan fingerprint density at radius 1 is 0.703 bits per heavy atom. The molecule has 0 saturated heterocycles. The molecule has 10 N–H and O–H groups in total. The Morgan fingerprint density at radius 2 is 1.22 bits per heavy atom. The minimum atomic E-state index is -1.73. The monoisotopic (exact) mass is 533 g/mol. The third kappa shape index (κ3) is 13.2. The van der Waals surface area contributed by atoms with E-state index in [9.17, 15) is 38.7 Å². The zero-order valence-corrected chi connectivity index (χ0v) is 20.7. The Bertz CT molecular complexity index is 864. The molecule has 0 fully saturated rings. The maximum atomic E-state index is 12.6. The molecule has 0 radical (unpaired) electrons. The SMILES string of the molecule is CC(C)C[C@H](NC(=O)[C@H](C)NC(=O)[C@H](CO)NC(=O)[C@@H](N)CCC(=O)O)C(=O)N[C@@H](CC(=O)O)C(=O)O. The smallest absolute Gasteiger partial charge is 0.326 e. The molecule has 0 aromatic rings. The number of aliphatic hydroxyl groups excluding tert-OH is 1. The van der Waals surface area contributed by atoms with Crippen LogP contribution in [0.4, 0.5) is 0 Å². The van der Waals surface area contributed by atoms with Crippen LogP contribution in [0.2, 0.25) is 0 Å². The van der Waals surface area contributed by atoms with E-state index < -0.39 is 91.2 Å². The van der Waals surface area contributed by atoms with Crippen LogP contribution >= 0.6 is 0 Å². The molecule has 0 heterocycles. The summed E-state index contributed by atoms with van der Waals surface area (Å²) in [5, 5.41) is 44.9. The average Bonchev–Trinajstić information content (AvgIpc) is 2.78. The molecule has 5 atom stereocenters. The van der Waals surface area contributed by atoms with E-state index in [4.69, 9.17) is 21.1 Å². The fourth-order valence-corrected chi connectivity index (χ4v) is 2.91. The van der Waals surface area contributed by atoms with Gasteiger partial charge in [0, 0.05) is 6.42 Å². The Morgan fingerprint density at radius 3 is 1.68 bits per heavy atom. The zero-order chi connectivity index (χ0) is 28.9. The van der Waals surface area contributed by atoms with Gasteiger partial charge in [-0.1, -0.05) is 13.8 Å². The van der Waals surface area contributed by atoms with Crippen molar-refractivity contribution in [3.05, 3.63) is 0 Å². The number of carbonyl (C=O) groups is 7. The van der Waals surface area contributed by atoms with Gasteiger partial charge in [0.05, 0.1) is 19.1 Å². The van der Waals surface area contributed by atoms with E-state index >= 15 is 0 Å². The number of nitrogens with two attached hydrogens (primary N) is 1. The highest BCUT2D eigenvalue weighted by Crippen LogP contribution is 2.07. The Balaban J connectivity index is 5.22. The van der Waals surface area contributed by atoms with Crippen LogP contribution in [0.5, 0.6) is 0 Å². The molecule has 0 aliphatic heterocycles. The van der Waals surface area contributed by atoms with E-state index in [0.29, 0.717) is 0 Å². The first-order valence-electron chi connectivity index (χ1n) is 11.3. The molecule has 0 saturated carbocycles. The van der Waals surface area contributed by atoms with Gasteiger partial charge >= 0.3 is 17.9 Å². The quantitative estimate of drug-likeness (QED) is 0.0891. The van der Waals surface area contributed by atoms with Crippen molar-refractivity contribution in [3.63, 3.8) is 0 Å². The first-order valence-corrected chi connectivity index (χ1v) is 11.3. The number of hydrogen-bond donors (Lipinski definition) is 9. The molecule has 210 valence electrons. The number of hydrogen-bond acceptors (Lipinski definition) is 9. The molecule has 0 spiro atoms. The van der Waals surface area contributed by atoms with Gasteiger partial charge in [0.2, 0.25) is 23.6 Å². The second kappa shape index (κ2) is 16.1. The van der Waals surface area contributed by atoms with Crippen LogP contribution in [0.15, 0.2) is 0 Å². The second-order valence-corrected chi connectivity index (χ2v) is 8.70. The average molecular weight is 534 g/mol. The first-order chi connectivity index (χ1) is 17.1. The standard InChI is InChI=1S/C21H35N5O11/c1-9(2)6-12(19(34)25-13(21(36)37)7-16(30)31)24-17(32)10(3)23-20(35)14(8-27)26-18(33)11(22)4-5-15(28)29/h9-14,27H,4-8,22H2,1-3H3,(H,23,35)(H,24,32)(H,25,34)(H,26,33)(H,28,29)(H,30,31)(H,36,37)/t10-,11-,12-,13-,14-/m0/s1. The number of aliphatic hydroxyl groups is 1. The van der Waals surface area contributed by atoms with E-state index in [-0.39, 0.29) is 18.8 Å². The summed E-state index contributed by atoms with van der Waals surface area (Å²) in [7, 11) is 0. The predicted octanol–water partition coefficient (Wildman–Crippen LogP) is -3.26. The molecule has 0 unspecified atom stereocenters. The number of aliphatic carboxylic acids is 3. The van der Waals surface area contributed by atoms with E-state index in [1.54, 1.807) is 13.8 Å². The molecule has 16 heteroatoms. The Labute approximate surface area is 212 Å². The number of carboxylic acid groups (broad SMARTS) is 3. The largest absolute Gasteiger partial charge is 0.481 e. The van der Waals surface area contributed by atoms with Crippen LogP contribution in [0.3, 0.4) is 0 Å². The van der Waals surface area contributed by atoms with E-state index in [1.807, 2.05) is 0 Å². The third-order valence-electron chi connectivity index (χ3n) is 4.91. The van der Waals surface area contributed by atoms with Gasteiger partial charge in [-0.05, 0) is 25.7 Å². The van der Waals surface area contributed by atoms with Crippen molar-refractivity contribution in [2.24, 2.45) is 11.7 Å². The van der Waals surface area contributed by atoms with Gasteiger partial charge < -0.3 is 47.4 Å². The van der Waals surface area contributed by atoms with Crippen molar-refractivity contribution < 1.29 is 54.0 Å². The molecule has 16 nitrogen and oxygen atoms in total. The van der Waals surface area contributed by atoms with Crippen molar-refractivity contribution >= 4 is 41.5 Å². The predicted molar refractivity (Wildman–Crippen MR) is 125 cm³/mol. The summed E-state index contributed by atoms with van der Waals surface area (Å²) in [5.74, 6) is -8.03. The topological polar surface area (TPSA) is 275 Å². The van der Waals surface area contributed by atoms with Gasteiger partial charge in [-0.2, -0.15) is 0 Å². The summed E-state index contributed by atoms with van der Waals surface area (Å²) < 4.78 is 0.